The minimum atomic E-state index is -0.128. The Balaban J connectivity index is 2.13. The quantitative estimate of drug-likeness (QED) is 0.772. The van der Waals surface area contributed by atoms with Crippen LogP contribution in [0.5, 0.6) is 0 Å². The number of nitriles is 1. The van der Waals surface area contributed by atoms with Crippen LogP contribution in [0, 0.1) is 11.3 Å². The molecule has 3 nitrogen and oxygen atoms in total. The van der Waals surface area contributed by atoms with E-state index in [1.807, 2.05) is 36.9 Å². The maximum Gasteiger partial charge on any atom is 0.127 e. The number of hydrogen-bond acceptors (Lipinski definition) is 3. The predicted molar refractivity (Wildman–Crippen MR) is 88.9 cm³/mol. The zero-order chi connectivity index (χ0) is 15.0. The summed E-state index contributed by atoms with van der Waals surface area (Å²) in [6, 6.07) is 8.35. The number of nitrogens with zero attached hydrogens (tertiary/aromatic N) is 3. The first-order chi connectivity index (χ1) is 10.1. The van der Waals surface area contributed by atoms with Crippen molar-refractivity contribution in [3.63, 3.8) is 0 Å². The standard InChI is InChI=1S/C16H18ClN3S/c1-10(17)16-19-14-6-3-11(9-18)7-15(14)20(16)12-4-5-13(8-12)21-2/h3,6-7,10,12-13H,4-5,8H2,1-2H3. The van der Waals surface area contributed by atoms with Crippen LogP contribution in [0.15, 0.2) is 18.2 Å². The van der Waals surface area contributed by atoms with Crippen LogP contribution in [-0.2, 0) is 0 Å². The summed E-state index contributed by atoms with van der Waals surface area (Å²) >= 11 is 8.29. The van der Waals surface area contributed by atoms with Crippen molar-refractivity contribution in [1.82, 2.24) is 9.55 Å². The zero-order valence-corrected chi connectivity index (χ0v) is 13.8. The molecule has 1 aromatic carbocycles. The van der Waals surface area contributed by atoms with E-state index in [0.717, 1.165) is 29.7 Å². The second-order valence-corrected chi connectivity index (χ2v) is 7.39. The number of hydrogen-bond donors (Lipinski definition) is 0. The average Bonchev–Trinajstić information content (AvgIpc) is 3.09. The average molecular weight is 320 g/mol. The van der Waals surface area contributed by atoms with Gasteiger partial charge in [-0.15, -0.1) is 11.6 Å². The Bertz CT molecular complexity index is 701. The highest BCUT2D eigenvalue weighted by Crippen LogP contribution is 2.40. The maximum atomic E-state index is 9.14. The van der Waals surface area contributed by atoms with Gasteiger partial charge in [0.25, 0.3) is 0 Å². The largest absolute Gasteiger partial charge is 0.324 e. The van der Waals surface area contributed by atoms with E-state index in [4.69, 9.17) is 21.8 Å². The van der Waals surface area contributed by atoms with Crippen molar-refractivity contribution in [3.8, 4) is 6.07 Å². The molecule has 0 radical (unpaired) electrons. The molecule has 3 unspecified atom stereocenters. The van der Waals surface area contributed by atoms with E-state index in [1.54, 1.807) is 0 Å². The monoisotopic (exact) mass is 319 g/mol. The molecule has 1 fully saturated rings. The van der Waals surface area contributed by atoms with Gasteiger partial charge in [-0.25, -0.2) is 4.98 Å². The Hall–Kier alpha value is -1.18. The normalized spacial score (nSPS) is 23.3. The Morgan fingerprint density at radius 1 is 1.48 bits per heavy atom. The molecule has 0 saturated heterocycles. The predicted octanol–water partition coefficient (Wildman–Crippen LogP) is 4.66. The number of rotatable bonds is 3. The first kappa shape index (κ1) is 14.7. The summed E-state index contributed by atoms with van der Waals surface area (Å²) in [5.74, 6) is 0.925. The molecule has 1 aromatic heterocycles. The van der Waals surface area contributed by atoms with Gasteiger partial charge in [0.1, 0.15) is 5.82 Å². The minimum Gasteiger partial charge on any atom is -0.324 e. The van der Waals surface area contributed by atoms with Gasteiger partial charge in [0, 0.05) is 11.3 Å². The SMILES string of the molecule is CSC1CCC(n2c(C(C)Cl)nc3ccc(C#N)cc32)C1. The second-order valence-electron chi connectivity index (χ2n) is 5.60. The van der Waals surface area contributed by atoms with Crippen molar-refractivity contribution in [1.29, 1.82) is 5.26 Å². The summed E-state index contributed by atoms with van der Waals surface area (Å²) in [7, 11) is 0. The highest BCUT2D eigenvalue weighted by atomic mass is 35.5. The highest BCUT2D eigenvalue weighted by molar-refractivity contribution is 7.99. The van der Waals surface area contributed by atoms with Gasteiger partial charge in [0.05, 0.1) is 28.0 Å². The van der Waals surface area contributed by atoms with Crippen molar-refractivity contribution >= 4 is 34.4 Å². The van der Waals surface area contributed by atoms with Crippen LogP contribution >= 0.6 is 23.4 Å². The lowest BCUT2D eigenvalue weighted by molar-refractivity contribution is 0.511. The van der Waals surface area contributed by atoms with Gasteiger partial charge in [-0.3, -0.25) is 0 Å². The first-order valence-electron chi connectivity index (χ1n) is 7.23. The van der Waals surface area contributed by atoms with Crippen LogP contribution in [-0.4, -0.2) is 21.1 Å². The third-order valence-corrected chi connectivity index (χ3v) is 5.55. The van der Waals surface area contributed by atoms with Crippen molar-refractivity contribution in [2.24, 2.45) is 0 Å². The maximum absolute atomic E-state index is 9.14. The molecule has 1 heterocycles. The molecule has 110 valence electrons. The van der Waals surface area contributed by atoms with Crippen LogP contribution < -0.4 is 0 Å². The van der Waals surface area contributed by atoms with E-state index in [-0.39, 0.29) is 5.38 Å². The van der Waals surface area contributed by atoms with Crippen LogP contribution in [0.1, 0.15) is 49.0 Å². The van der Waals surface area contributed by atoms with Crippen molar-refractivity contribution in [2.45, 2.75) is 42.9 Å². The third-order valence-electron chi connectivity index (χ3n) is 4.26. The highest BCUT2D eigenvalue weighted by Gasteiger charge is 2.29. The second kappa shape index (κ2) is 5.90. The van der Waals surface area contributed by atoms with Gasteiger partial charge in [-0.05, 0) is 50.6 Å². The zero-order valence-electron chi connectivity index (χ0n) is 12.2. The number of thioether (sulfide) groups is 1. The summed E-state index contributed by atoms with van der Waals surface area (Å²) in [5, 5.41) is 9.72. The molecule has 1 saturated carbocycles. The van der Waals surface area contributed by atoms with Gasteiger partial charge in [0.15, 0.2) is 0 Å². The van der Waals surface area contributed by atoms with Crippen molar-refractivity contribution in [3.05, 3.63) is 29.6 Å². The minimum absolute atomic E-state index is 0.128. The topological polar surface area (TPSA) is 41.6 Å². The fourth-order valence-electron chi connectivity index (χ4n) is 3.21. The summed E-state index contributed by atoms with van der Waals surface area (Å²) in [5.41, 5.74) is 2.66. The lowest BCUT2D eigenvalue weighted by atomic mass is 10.2. The smallest absolute Gasteiger partial charge is 0.127 e. The lowest BCUT2D eigenvalue weighted by Gasteiger charge is -2.18. The van der Waals surface area contributed by atoms with Crippen LogP contribution in [0.25, 0.3) is 11.0 Å². The number of alkyl halides is 1. The number of imidazole rings is 1. The van der Waals surface area contributed by atoms with Gasteiger partial charge >= 0.3 is 0 Å². The fraction of sp³-hybridized carbons (Fsp3) is 0.500. The first-order valence-corrected chi connectivity index (χ1v) is 8.95. The summed E-state index contributed by atoms with van der Waals surface area (Å²) < 4.78 is 2.28. The van der Waals surface area contributed by atoms with E-state index in [9.17, 15) is 0 Å². The number of benzene rings is 1. The Labute approximate surface area is 134 Å². The molecule has 0 amide bonds. The molecule has 2 aromatic rings. The molecule has 0 N–H and O–H groups in total. The molecular weight excluding hydrogens is 302 g/mol. The van der Waals surface area contributed by atoms with E-state index in [0.29, 0.717) is 16.9 Å². The van der Waals surface area contributed by atoms with Gasteiger partial charge in [-0.2, -0.15) is 17.0 Å². The molecule has 1 aliphatic rings. The van der Waals surface area contributed by atoms with Gasteiger partial charge < -0.3 is 4.57 Å². The van der Waals surface area contributed by atoms with E-state index >= 15 is 0 Å². The Kier molecular flexibility index (Phi) is 4.14. The van der Waals surface area contributed by atoms with E-state index in [2.05, 4.69) is 16.9 Å². The lowest BCUT2D eigenvalue weighted by Crippen LogP contribution is -2.10. The van der Waals surface area contributed by atoms with Crippen LogP contribution in [0.3, 0.4) is 0 Å². The number of fused-ring (bicyclic) bond motifs is 1. The van der Waals surface area contributed by atoms with Crippen LogP contribution in [0.4, 0.5) is 0 Å². The van der Waals surface area contributed by atoms with E-state index in [1.165, 1.54) is 6.42 Å². The molecule has 1 aliphatic carbocycles. The molecule has 0 bridgehead atoms. The van der Waals surface area contributed by atoms with Crippen molar-refractivity contribution in [2.75, 3.05) is 6.26 Å². The molecule has 0 spiro atoms. The van der Waals surface area contributed by atoms with Crippen LogP contribution in [0.2, 0.25) is 0 Å². The Morgan fingerprint density at radius 3 is 2.90 bits per heavy atom. The molecular formula is C16H18ClN3S. The summed E-state index contributed by atoms with van der Waals surface area (Å²) in [6.45, 7) is 1.96. The van der Waals surface area contributed by atoms with Gasteiger partial charge in [-0.1, -0.05) is 0 Å². The third kappa shape index (κ3) is 2.65. The summed E-state index contributed by atoms with van der Waals surface area (Å²) in [4.78, 5) is 4.70. The molecule has 21 heavy (non-hydrogen) atoms. The molecule has 3 rings (SSSR count). The van der Waals surface area contributed by atoms with E-state index < -0.39 is 0 Å². The van der Waals surface area contributed by atoms with Gasteiger partial charge in [0.2, 0.25) is 0 Å². The Morgan fingerprint density at radius 2 is 2.29 bits per heavy atom. The summed E-state index contributed by atoms with van der Waals surface area (Å²) in [6.07, 6.45) is 5.72. The number of halogens is 1. The molecule has 5 heteroatoms. The van der Waals surface area contributed by atoms with Crippen molar-refractivity contribution < 1.29 is 0 Å². The fourth-order valence-corrected chi connectivity index (χ4v) is 4.15. The molecule has 3 atom stereocenters. The number of aromatic nitrogens is 2. The molecule has 0 aliphatic heterocycles.